The van der Waals surface area contributed by atoms with E-state index in [4.69, 9.17) is 10.3 Å². The van der Waals surface area contributed by atoms with Gasteiger partial charge in [0.25, 0.3) is 0 Å². The van der Waals surface area contributed by atoms with Gasteiger partial charge in [-0.05, 0) is 26.2 Å². The zero-order valence-electron chi connectivity index (χ0n) is 15.5. The second-order valence-corrected chi connectivity index (χ2v) is 6.91. The molecule has 0 radical (unpaired) electrons. The summed E-state index contributed by atoms with van der Waals surface area (Å²) in [5, 5.41) is 7.08. The van der Waals surface area contributed by atoms with Gasteiger partial charge in [-0.15, -0.1) is 0 Å². The Morgan fingerprint density at radius 3 is 2.68 bits per heavy atom. The van der Waals surface area contributed by atoms with Gasteiger partial charge in [-0.3, -0.25) is 9.69 Å². The molecule has 8 nitrogen and oxygen atoms in total. The highest BCUT2D eigenvalue weighted by atomic mass is 16.5. The van der Waals surface area contributed by atoms with Crippen molar-refractivity contribution in [2.45, 2.75) is 46.2 Å². The number of aryl methyl sites for hydroxylation is 2. The molecule has 0 saturated carbocycles. The molecule has 2 heterocycles. The molecule has 1 fully saturated rings. The van der Waals surface area contributed by atoms with E-state index in [0.29, 0.717) is 5.92 Å². The Labute approximate surface area is 148 Å². The highest BCUT2D eigenvalue weighted by Crippen LogP contribution is 2.25. The van der Waals surface area contributed by atoms with E-state index in [1.807, 2.05) is 13.8 Å². The van der Waals surface area contributed by atoms with E-state index in [1.165, 1.54) is 11.9 Å². The Morgan fingerprint density at radius 1 is 1.40 bits per heavy atom. The fraction of sp³-hybridized carbons (Fsp3) is 0.706. The SMILES string of the molecule is CCC[C@@H]1CN(Cc2c(C)noc2C)C[C@H]1NC(=O)CN(C)C(N)=O. The largest absolute Gasteiger partial charge is 0.361 e. The Morgan fingerprint density at radius 2 is 2.12 bits per heavy atom. The first kappa shape index (κ1) is 19.2. The Hall–Kier alpha value is -2.09. The minimum atomic E-state index is -0.605. The van der Waals surface area contributed by atoms with Crippen molar-refractivity contribution in [3.05, 3.63) is 17.0 Å². The molecule has 2 atom stereocenters. The second-order valence-electron chi connectivity index (χ2n) is 6.91. The highest BCUT2D eigenvalue weighted by molar-refractivity contribution is 5.83. The summed E-state index contributed by atoms with van der Waals surface area (Å²) in [6, 6.07) is -0.527. The van der Waals surface area contributed by atoms with Crippen LogP contribution in [0.15, 0.2) is 4.52 Å². The van der Waals surface area contributed by atoms with Crippen LogP contribution in [0.4, 0.5) is 4.79 Å². The lowest BCUT2D eigenvalue weighted by Gasteiger charge is -2.21. The summed E-state index contributed by atoms with van der Waals surface area (Å²) in [6.07, 6.45) is 2.12. The molecule has 1 aliphatic rings. The number of likely N-dealkylation sites (tertiary alicyclic amines) is 1. The molecule has 2 rings (SSSR count). The number of amides is 3. The van der Waals surface area contributed by atoms with Crippen molar-refractivity contribution in [3.8, 4) is 0 Å². The average molecular weight is 351 g/mol. The van der Waals surface area contributed by atoms with Crippen molar-refractivity contribution >= 4 is 11.9 Å². The zero-order chi connectivity index (χ0) is 18.6. The predicted octanol–water partition coefficient (Wildman–Crippen LogP) is 1.02. The fourth-order valence-corrected chi connectivity index (χ4v) is 3.41. The van der Waals surface area contributed by atoms with E-state index >= 15 is 0 Å². The molecule has 8 heteroatoms. The summed E-state index contributed by atoms with van der Waals surface area (Å²) in [5.41, 5.74) is 7.22. The third-order valence-corrected chi connectivity index (χ3v) is 4.84. The number of carbonyl (C=O) groups is 2. The Balaban J connectivity index is 1.97. The quantitative estimate of drug-likeness (QED) is 0.763. The van der Waals surface area contributed by atoms with E-state index in [-0.39, 0.29) is 18.5 Å². The van der Waals surface area contributed by atoms with Gasteiger partial charge in [-0.25, -0.2) is 4.79 Å². The molecule has 0 spiro atoms. The van der Waals surface area contributed by atoms with Gasteiger partial charge < -0.3 is 20.5 Å². The Kier molecular flexibility index (Phi) is 6.41. The first-order valence-corrected chi connectivity index (χ1v) is 8.75. The number of carbonyl (C=O) groups excluding carboxylic acids is 2. The predicted molar refractivity (Wildman–Crippen MR) is 93.8 cm³/mol. The van der Waals surface area contributed by atoms with Gasteiger partial charge in [-0.1, -0.05) is 18.5 Å². The topological polar surface area (TPSA) is 105 Å². The van der Waals surface area contributed by atoms with Crippen LogP contribution in [0.25, 0.3) is 0 Å². The summed E-state index contributed by atoms with van der Waals surface area (Å²) in [4.78, 5) is 26.8. The molecular weight excluding hydrogens is 322 g/mol. The number of primary amides is 1. The van der Waals surface area contributed by atoms with Crippen LogP contribution in [-0.4, -0.2) is 59.6 Å². The molecule has 25 heavy (non-hydrogen) atoms. The van der Waals surface area contributed by atoms with Crippen molar-refractivity contribution in [1.82, 2.24) is 20.3 Å². The van der Waals surface area contributed by atoms with Crippen LogP contribution in [-0.2, 0) is 11.3 Å². The smallest absolute Gasteiger partial charge is 0.314 e. The third kappa shape index (κ3) is 4.94. The van der Waals surface area contributed by atoms with Gasteiger partial charge in [0, 0.05) is 38.3 Å². The Bertz CT molecular complexity index is 596. The number of aromatic nitrogens is 1. The van der Waals surface area contributed by atoms with Crippen LogP contribution in [0.5, 0.6) is 0 Å². The van der Waals surface area contributed by atoms with Crippen LogP contribution < -0.4 is 11.1 Å². The van der Waals surface area contributed by atoms with E-state index in [0.717, 1.165) is 49.5 Å². The minimum absolute atomic E-state index is 0.0193. The minimum Gasteiger partial charge on any atom is -0.361 e. The molecule has 1 saturated heterocycles. The van der Waals surface area contributed by atoms with Crippen molar-refractivity contribution in [3.63, 3.8) is 0 Å². The van der Waals surface area contributed by atoms with Crippen LogP contribution in [0.1, 0.15) is 36.8 Å². The number of rotatable bonds is 7. The van der Waals surface area contributed by atoms with Gasteiger partial charge >= 0.3 is 6.03 Å². The molecule has 0 bridgehead atoms. The zero-order valence-corrected chi connectivity index (χ0v) is 15.5. The number of urea groups is 1. The first-order valence-electron chi connectivity index (χ1n) is 8.75. The second kappa shape index (κ2) is 8.33. The average Bonchev–Trinajstić information content (AvgIpc) is 3.05. The molecule has 0 aliphatic carbocycles. The molecule has 1 aromatic rings. The first-order chi connectivity index (χ1) is 11.8. The van der Waals surface area contributed by atoms with Crippen LogP contribution >= 0.6 is 0 Å². The van der Waals surface area contributed by atoms with E-state index < -0.39 is 6.03 Å². The molecule has 1 aromatic heterocycles. The van der Waals surface area contributed by atoms with Crippen molar-refractivity contribution in [1.29, 1.82) is 0 Å². The maximum atomic E-state index is 12.2. The van der Waals surface area contributed by atoms with Crippen molar-refractivity contribution in [2.75, 3.05) is 26.7 Å². The van der Waals surface area contributed by atoms with E-state index in [9.17, 15) is 9.59 Å². The monoisotopic (exact) mass is 351 g/mol. The standard InChI is InChI=1S/C17H29N5O3/c1-5-6-13-7-22(8-14-11(2)20-25-12(14)3)9-15(13)19-16(23)10-21(4)17(18)24/h13,15H,5-10H2,1-4H3,(H2,18,24)(H,19,23)/t13-,15-/m1/s1. The normalized spacial score (nSPS) is 20.6. The fourth-order valence-electron chi connectivity index (χ4n) is 3.41. The number of likely N-dealkylation sites (N-methyl/N-ethyl adjacent to an activating group) is 1. The van der Waals surface area contributed by atoms with Gasteiger partial charge in [0.05, 0.1) is 5.69 Å². The number of hydrogen-bond acceptors (Lipinski definition) is 5. The van der Waals surface area contributed by atoms with Crippen molar-refractivity contribution in [2.24, 2.45) is 11.7 Å². The van der Waals surface area contributed by atoms with Crippen LogP contribution in [0.2, 0.25) is 0 Å². The molecule has 1 aliphatic heterocycles. The number of hydrogen-bond donors (Lipinski definition) is 2. The summed E-state index contributed by atoms with van der Waals surface area (Å²) >= 11 is 0. The highest BCUT2D eigenvalue weighted by Gasteiger charge is 2.34. The number of nitrogens with zero attached hydrogens (tertiary/aromatic N) is 3. The molecule has 0 aromatic carbocycles. The van der Waals surface area contributed by atoms with Gasteiger partial charge in [-0.2, -0.15) is 0 Å². The molecule has 140 valence electrons. The van der Waals surface area contributed by atoms with Gasteiger partial charge in [0.2, 0.25) is 5.91 Å². The summed E-state index contributed by atoms with van der Waals surface area (Å²) in [5.74, 6) is 1.07. The number of nitrogens with one attached hydrogen (secondary N) is 1. The van der Waals surface area contributed by atoms with Crippen molar-refractivity contribution < 1.29 is 14.1 Å². The molecule has 0 unspecified atom stereocenters. The van der Waals surface area contributed by atoms with Crippen LogP contribution in [0.3, 0.4) is 0 Å². The van der Waals surface area contributed by atoms with Crippen LogP contribution in [0, 0.1) is 19.8 Å². The molecule has 3 N–H and O–H groups in total. The lowest BCUT2D eigenvalue weighted by atomic mass is 9.98. The molecular formula is C17H29N5O3. The van der Waals surface area contributed by atoms with Gasteiger partial charge in [0.1, 0.15) is 12.3 Å². The summed E-state index contributed by atoms with van der Waals surface area (Å²) in [6.45, 7) is 8.48. The maximum Gasteiger partial charge on any atom is 0.314 e. The maximum absolute atomic E-state index is 12.2. The van der Waals surface area contributed by atoms with Gasteiger partial charge in [0.15, 0.2) is 0 Å². The lowest BCUT2D eigenvalue weighted by molar-refractivity contribution is -0.122. The summed E-state index contributed by atoms with van der Waals surface area (Å²) < 4.78 is 5.24. The number of nitrogens with two attached hydrogens (primary N) is 1. The summed E-state index contributed by atoms with van der Waals surface area (Å²) in [7, 11) is 1.52. The van der Waals surface area contributed by atoms with E-state index in [1.54, 1.807) is 0 Å². The lowest BCUT2D eigenvalue weighted by Crippen LogP contribution is -2.46. The third-order valence-electron chi connectivity index (χ3n) is 4.84. The van der Waals surface area contributed by atoms with E-state index in [2.05, 4.69) is 22.3 Å². The molecule has 3 amide bonds.